The van der Waals surface area contributed by atoms with Crippen molar-refractivity contribution in [3.8, 4) is 0 Å². The van der Waals surface area contributed by atoms with E-state index < -0.39 is 0 Å². The first-order chi connectivity index (χ1) is 10.6. The predicted molar refractivity (Wildman–Crippen MR) is 87.9 cm³/mol. The molecular formula is C17H24N4O. The predicted octanol–water partition coefficient (Wildman–Crippen LogP) is 2.51. The maximum atomic E-state index is 13.1. The molecule has 1 aliphatic heterocycles. The summed E-state index contributed by atoms with van der Waals surface area (Å²) in [7, 11) is 2.14. The second-order valence-corrected chi connectivity index (χ2v) is 6.46. The number of carbonyl (C=O) groups excluding carboxylic acids is 1. The average molecular weight is 300 g/mol. The lowest BCUT2D eigenvalue weighted by Gasteiger charge is -2.39. The molecule has 0 aliphatic carbocycles. The normalized spacial score (nSPS) is 17.3. The summed E-state index contributed by atoms with van der Waals surface area (Å²) in [4.78, 5) is 17.4. The number of nitrogens with zero attached hydrogens (tertiary/aromatic N) is 3. The van der Waals surface area contributed by atoms with Crippen LogP contribution in [0.15, 0.2) is 24.3 Å². The van der Waals surface area contributed by atoms with E-state index in [9.17, 15) is 4.79 Å². The lowest BCUT2D eigenvalue weighted by atomic mass is 10.0. The molecule has 1 aliphatic rings. The van der Waals surface area contributed by atoms with E-state index >= 15 is 0 Å². The minimum atomic E-state index is 0.0435. The first kappa shape index (κ1) is 15.0. The first-order valence-corrected chi connectivity index (χ1v) is 8.02. The number of carbonyl (C=O) groups is 1. The summed E-state index contributed by atoms with van der Waals surface area (Å²) in [6.07, 6.45) is 2.06. The second kappa shape index (κ2) is 6.08. The number of rotatable bonds is 3. The molecule has 3 rings (SSSR count). The highest BCUT2D eigenvalue weighted by Gasteiger charge is 2.31. The van der Waals surface area contributed by atoms with Crippen LogP contribution >= 0.6 is 0 Å². The number of aromatic nitrogens is 2. The van der Waals surface area contributed by atoms with Crippen LogP contribution in [0.25, 0.3) is 10.9 Å². The fourth-order valence-corrected chi connectivity index (χ4v) is 3.34. The number of aromatic amines is 1. The zero-order valence-electron chi connectivity index (χ0n) is 13.5. The van der Waals surface area contributed by atoms with E-state index in [4.69, 9.17) is 0 Å². The van der Waals surface area contributed by atoms with Crippen molar-refractivity contribution in [3.05, 3.63) is 30.0 Å². The first-order valence-electron chi connectivity index (χ1n) is 8.02. The van der Waals surface area contributed by atoms with E-state index in [0.29, 0.717) is 11.7 Å². The van der Waals surface area contributed by atoms with Crippen molar-refractivity contribution in [1.29, 1.82) is 0 Å². The third kappa shape index (κ3) is 2.73. The van der Waals surface area contributed by atoms with Crippen LogP contribution in [0.5, 0.6) is 0 Å². The molecular weight excluding hydrogens is 276 g/mol. The third-order valence-corrected chi connectivity index (χ3v) is 4.55. The molecule has 2 heterocycles. The Morgan fingerprint density at radius 3 is 2.68 bits per heavy atom. The van der Waals surface area contributed by atoms with E-state index in [1.54, 1.807) is 0 Å². The number of nitrogens with one attached hydrogen (secondary N) is 1. The van der Waals surface area contributed by atoms with E-state index in [0.717, 1.165) is 36.8 Å². The van der Waals surface area contributed by atoms with Crippen molar-refractivity contribution in [2.24, 2.45) is 0 Å². The Morgan fingerprint density at radius 1 is 1.32 bits per heavy atom. The zero-order chi connectivity index (χ0) is 15.7. The van der Waals surface area contributed by atoms with Gasteiger partial charge < -0.3 is 9.80 Å². The highest BCUT2D eigenvalue weighted by atomic mass is 16.2. The van der Waals surface area contributed by atoms with Crippen LogP contribution in [-0.2, 0) is 0 Å². The molecule has 0 radical (unpaired) electrons. The van der Waals surface area contributed by atoms with Crippen LogP contribution in [0.2, 0.25) is 0 Å². The number of benzene rings is 1. The van der Waals surface area contributed by atoms with Crippen molar-refractivity contribution in [2.45, 2.75) is 38.8 Å². The van der Waals surface area contributed by atoms with Gasteiger partial charge in [-0.05, 0) is 52.9 Å². The zero-order valence-corrected chi connectivity index (χ0v) is 13.5. The van der Waals surface area contributed by atoms with Gasteiger partial charge in [-0.2, -0.15) is 5.10 Å². The van der Waals surface area contributed by atoms with Crippen molar-refractivity contribution in [1.82, 2.24) is 20.0 Å². The third-order valence-electron chi connectivity index (χ3n) is 4.55. The minimum absolute atomic E-state index is 0.0435. The molecule has 118 valence electrons. The highest BCUT2D eigenvalue weighted by Crippen LogP contribution is 2.23. The molecule has 5 nitrogen and oxygen atoms in total. The van der Waals surface area contributed by atoms with Crippen LogP contribution in [0.1, 0.15) is 37.2 Å². The summed E-state index contributed by atoms with van der Waals surface area (Å²) in [5.74, 6) is 0.0435. The Hall–Kier alpha value is -1.88. The largest absolute Gasteiger partial charge is 0.332 e. The van der Waals surface area contributed by atoms with Gasteiger partial charge in [0.25, 0.3) is 5.91 Å². The Balaban J connectivity index is 1.90. The van der Waals surface area contributed by atoms with Gasteiger partial charge >= 0.3 is 0 Å². The second-order valence-electron chi connectivity index (χ2n) is 6.46. The number of fused-ring (bicyclic) bond motifs is 1. The topological polar surface area (TPSA) is 52.2 Å². The average Bonchev–Trinajstić information content (AvgIpc) is 2.93. The van der Waals surface area contributed by atoms with Crippen molar-refractivity contribution in [2.75, 3.05) is 20.1 Å². The lowest BCUT2D eigenvalue weighted by Crippen LogP contribution is -2.49. The summed E-state index contributed by atoms with van der Waals surface area (Å²) in [6.45, 7) is 6.26. The van der Waals surface area contributed by atoms with Crippen LogP contribution in [0.4, 0.5) is 0 Å². The van der Waals surface area contributed by atoms with Gasteiger partial charge in [-0.3, -0.25) is 9.89 Å². The number of likely N-dealkylation sites (tertiary alicyclic amines) is 1. The van der Waals surface area contributed by atoms with Crippen LogP contribution in [0, 0.1) is 0 Å². The summed E-state index contributed by atoms with van der Waals surface area (Å²) in [6, 6.07) is 8.29. The maximum Gasteiger partial charge on any atom is 0.275 e. The van der Waals surface area contributed by atoms with Gasteiger partial charge in [-0.1, -0.05) is 18.2 Å². The molecule has 5 heteroatoms. The maximum absolute atomic E-state index is 13.1. The van der Waals surface area contributed by atoms with Gasteiger partial charge in [0.15, 0.2) is 5.69 Å². The fraction of sp³-hybridized carbons (Fsp3) is 0.529. The lowest BCUT2D eigenvalue weighted by molar-refractivity contribution is 0.0502. The number of hydrogen-bond donors (Lipinski definition) is 1. The van der Waals surface area contributed by atoms with Crippen LogP contribution in [0.3, 0.4) is 0 Å². The number of hydrogen-bond acceptors (Lipinski definition) is 3. The molecule has 0 spiro atoms. The van der Waals surface area contributed by atoms with E-state index in [1.807, 2.05) is 29.2 Å². The van der Waals surface area contributed by atoms with E-state index in [-0.39, 0.29) is 11.9 Å². The minimum Gasteiger partial charge on any atom is -0.332 e. The fourth-order valence-electron chi connectivity index (χ4n) is 3.34. The van der Waals surface area contributed by atoms with Crippen LogP contribution in [-0.4, -0.2) is 58.1 Å². The summed E-state index contributed by atoms with van der Waals surface area (Å²) >= 11 is 0. The molecule has 1 fully saturated rings. The molecule has 1 N–H and O–H groups in total. The Morgan fingerprint density at radius 2 is 2.00 bits per heavy atom. The summed E-state index contributed by atoms with van der Waals surface area (Å²) in [5.41, 5.74) is 1.46. The number of H-pyrrole nitrogens is 1. The van der Waals surface area contributed by atoms with Crippen molar-refractivity contribution in [3.63, 3.8) is 0 Å². The molecule has 22 heavy (non-hydrogen) atoms. The molecule has 1 saturated heterocycles. The molecule has 0 saturated carbocycles. The highest BCUT2D eigenvalue weighted by molar-refractivity contribution is 6.04. The van der Waals surface area contributed by atoms with E-state index in [2.05, 4.69) is 36.0 Å². The van der Waals surface area contributed by atoms with Gasteiger partial charge in [0.2, 0.25) is 0 Å². The Bertz CT molecular complexity index is 655. The molecule has 1 aromatic heterocycles. The summed E-state index contributed by atoms with van der Waals surface area (Å²) in [5, 5.41) is 8.16. The molecule has 0 unspecified atom stereocenters. The molecule has 1 amide bonds. The van der Waals surface area contributed by atoms with Gasteiger partial charge in [-0.15, -0.1) is 0 Å². The summed E-state index contributed by atoms with van der Waals surface area (Å²) < 4.78 is 0. The van der Waals surface area contributed by atoms with Gasteiger partial charge in [0.05, 0.1) is 5.52 Å². The Kier molecular flexibility index (Phi) is 4.16. The van der Waals surface area contributed by atoms with E-state index in [1.165, 1.54) is 0 Å². The quantitative estimate of drug-likeness (QED) is 0.947. The SMILES string of the molecule is CC(C)N(C(=O)c1n[nH]c2ccccc12)C1CCN(C)CC1. The van der Waals surface area contributed by atoms with Crippen molar-refractivity contribution >= 4 is 16.8 Å². The standard InChI is InChI=1S/C17H24N4O/c1-12(2)21(13-8-10-20(3)11-9-13)17(22)16-14-6-4-5-7-15(14)18-19-16/h4-7,12-13H,8-11H2,1-3H3,(H,18,19). The number of para-hydroxylation sites is 1. The smallest absolute Gasteiger partial charge is 0.275 e. The monoisotopic (exact) mass is 300 g/mol. The Labute approximate surface area is 131 Å². The molecule has 0 bridgehead atoms. The van der Waals surface area contributed by atoms with Gasteiger partial charge in [0, 0.05) is 17.5 Å². The number of amides is 1. The molecule has 1 aromatic carbocycles. The number of piperidine rings is 1. The van der Waals surface area contributed by atoms with Crippen LogP contribution < -0.4 is 0 Å². The van der Waals surface area contributed by atoms with Crippen molar-refractivity contribution < 1.29 is 4.79 Å². The van der Waals surface area contributed by atoms with Gasteiger partial charge in [0.1, 0.15) is 0 Å². The molecule has 2 aromatic rings. The molecule has 0 atom stereocenters. The van der Waals surface area contributed by atoms with Gasteiger partial charge in [-0.25, -0.2) is 0 Å².